The van der Waals surface area contributed by atoms with E-state index in [2.05, 4.69) is 11.4 Å². The highest BCUT2D eigenvalue weighted by molar-refractivity contribution is 7.19. The number of fused-ring (bicyclic) bond motifs is 1. The van der Waals surface area contributed by atoms with Gasteiger partial charge in [-0.15, -0.1) is 11.3 Å². The van der Waals surface area contributed by atoms with Crippen LogP contribution in [0.2, 0.25) is 0 Å². The molecule has 0 saturated carbocycles. The number of ether oxygens (including phenoxy) is 1. The maximum Gasteiger partial charge on any atom is 0.407 e. The Bertz CT molecular complexity index is 692. The van der Waals surface area contributed by atoms with Crippen LogP contribution in [-0.2, 0) is 11.2 Å². The smallest absolute Gasteiger partial charge is 0.407 e. The fourth-order valence-corrected chi connectivity index (χ4v) is 3.09. The second-order valence-electron chi connectivity index (χ2n) is 5.70. The molecule has 0 radical (unpaired) electrons. The summed E-state index contributed by atoms with van der Waals surface area (Å²) >= 11 is 1.49. The highest BCUT2D eigenvalue weighted by Gasteiger charge is 2.16. The van der Waals surface area contributed by atoms with Gasteiger partial charge in [0.2, 0.25) is 0 Å². The Hall–Kier alpha value is -2.06. The van der Waals surface area contributed by atoms with Crippen LogP contribution in [0.25, 0.3) is 10.1 Å². The van der Waals surface area contributed by atoms with E-state index < -0.39 is 11.7 Å². The summed E-state index contributed by atoms with van der Waals surface area (Å²) < 4.78 is 6.29. The molecular weight excluding hydrogens is 284 g/mol. The molecule has 21 heavy (non-hydrogen) atoms. The summed E-state index contributed by atoms with van der Waals surface area (Å²) in [6.45, 7) is 5.93. The van der Waals surface area contributed by atoms with Crippen molar-refractivity contribution in [2.24, 2.45) is 0 Å². The summed E-state index contributed by atoms with van der Waals surface area (Å²) in [7, 11) is 0. The van der Waals surface area contributed by atoms with Gasteiger partial charge in [0.05, 0.1) is 0 Å². The number of alkyl carbamates (subject to hydrolysis) is 1. The Morgan fingerprint density at radius 3 is 2.76 bits per heavy atom. The monoisotopic (exact) mass is 302 g/mol. The molecule has 0 atom stereocenters. The van der Waals surface area contributed by atoms with Crippen LogP contribution in [0.4, 0.5) is 4.79 Å². The van der Waals surface area contributed by atoms with E-state index in [-0.39, 0.29) is 0 Å². The number of hydrogen-bond acceptors (Lipinski definition) is 4. The first kappa shape index (κ1) is 15.3. The average Bonchev–Trinajstić information content (AvgIpc) is 2.75. The van der Waals surface area contributed by atoms with Crippen LogP contribution in [-0.4, -0.2) is 18.2 Å². The van der Waals surface area contributed by atoms with E-state index in [1.54, 1.807) is 0 Å². The predicted octanol–water partition coefficient (Wildman–Crippen LogP) is 3.84. The Morgan fingerprint density at radius 1 is 1.38 bits per heavy atom. The van der Waals surface area contributed by atoms with Crippen LogP contribution >= 0.6 is 11.3 Å². The van der Waals surface area contributed by atoms with E-state index in [9.17, 15) is 10.1 Å². The van der Waals surface area contributed by atoms with E-state index >= 15 is 0 Å². The quantitative estimate of drug-likeness (QED) is 0.937. The lowest BCUT2D eigenvalue weighted by Gasteiger charge is -2.19. The molecule has 0 aliphatic carbocycles. The maximum atomic E-state index is 11.6. The normalized spacial score (nSPS) is 11.1. The van der Waals surface area contributed by atoms with E-state index in [0.717, 1.165) is 15.6 Å². The van der Waals surface area contributed by atoms with Crippen molar-refractivity contribution in [1.82, 2.24) is 5.32 Å². The topological polar surface area (TPSA) is 62.1 Å². The molecule has 0 unspecified atom stereocenters. The molecule has 1 heterocycles. The lowest BCUT2D eigenvalue weighted by molar-refractivity contribution is 0.0528. The minimum absolute atomic E-state index is 0.430. The molecule has 110 valence electrons. The van der Waals surface area contributed by atoms with Gasteiger partial charge in [0, 0.05) is 11.2 Å². The van der Waals surface area contributed by atoms with Gasteiger partial charge in [0.15, 0.2) is 0 Å². The summed E-state index contributed by atoms with van der Waals surface area (Å²) in [6, 6.07) is 10.2. The van der Waals surface area contributed by atoms with Crippen LogP contribution < -0.4 is 5.32 Å². The van der Waals surface area contributed by atoms with Gasteiger partial charge in [0.1, 0.15) is 16.5 Å². The summed E-state index contributed by atoms with van der Waals surface area (Å²) in [5.74, 6) is 0. The first-order chi connectivity index (χ1) is 9.90. The molecule has 1 aromatic heterocycles. The molecule has 1 amide bonds. The highest BCUT2D eigenvalue weighted by Crippen LogP contribution is 2.30. The number of thiophene rings is 1. The van der Waals surface area contributed by atoms with E-state index in [1.807, 2.05) is 45.0 Å². The highest BCUT2D eigenvalue weighted by atomic mass is 32.1. The van der Waals surface area contributed by atoms with Crippen LogP contribution in [0.5, 0.6) is 0 Å². The summed E-state index contributed by atoms with van der Waals surface area (Å²) in [5.41, 5.74) is 0.492. The third-order valence-corrected chi connectivity index (χ3v) is 3.96. The molecule has 1 aromatic carbocycles. The van der Waals surface area contributed by atoms with Gasteiger partial charge in [-0.2, -0.15) is 5.26 Å². The molecule has 0 saturated heterocycles. The molecule has 4 nitrogen and oxygen atoms in total. The molecule has 5 heteroatoms. The maximum absolute atomic E-state index is 11.6. The molecule has 0 aliphatic rings. The van der Waals surface area contributed by atoms with Gasteiger partial charge in [-0.05, 0) is 44.2 Å². The fraction of sp³-hybridized carbons (Fsp3) is 0.375. The number of carbonyl (C=O) groups is 1. The van der Waals surface area contributed by atoms with E-state index in [4.69, 9.17) is 4.74 Å². The Balaban J connectivity index is 2.04. The predicted molar refractivity (Wildman–Crippen MR) is 84.5 cm³/mol. The number of amides is 1. The molecule has 2 aromatic rings. The summed E-state index contributed by atoms with van der Waals surface area (Å²) in [4.78, 5) is 12.3. The first-order valence-corrected chi connectivity index (χ1v) is 7.60. The van der Waals surface area contributed by atoms with Crippen LogP contribution in [0.1, 0.15) is 31.2 Å². The van der Waals surface area contributed by atoms with Crippen molar-refractivity contribution in [2.75, 3.05) is 6.54 Å². The Morgan fingerprint density at radius 2 is 2.10 bits per heavy atom. The summed E-state index contributed by atoms with van der Waals surface area (Å²) in [5, 5.41) is 13.0. The molecule has 0 spiro atoms. The van der Waals surface area contributed by atoms with Crippen molar-refractivity contribution in [2.45, 2.75) is 32.8 Å². The number of hydrogen-bond donors (Lipinski definition) is 1. The van der Waals surface area contributed by atoms with E-state index in [0.29, 0.717) is 17.8 Å². The third kappa shape index (κ3) is 3.96. The zero-order valence-electron chi connectivity index (χ0n) is 12.4. The number of nitrogens with one attached hydrogen (secondary N) is 1. The van der Waals surface area contributed by atoms with Crippen LogP contribution in [0.15, 0.2) is 24.3 Å². The zero-order chi connectivity index (χ0) is 15.5. The van der Waals surface area contributed by atoms with Gasteiger partial charge in [-0.1, -0.05) is 18.2 Å². The molecule has 0 aliphatic heterocycles. The molecule has 2 rings (SSSR count). The number of carbonyl (C=O) groups excluding carboxylic acids is 1. The van der Waals surface area contributed by atoms with Gasteiger partial charge in [0.25, 0.3) is 0 Å². The van der Waals surface area contributed by atoms with Crippen molar-refractivity contribution < 1.29 is 9.53 Å². The minimum atomic E-state index is -0.503. The van der Waals surface area contributed by atoms with Crippen LogP contribution in [0.3, 0.4) is 0 Å². The third-order valence-electron chi connectivity index (χ3n) is 2.84. The largest absolute Gasteiger partial charge is 0.444 e. The number of benzene rings is 1. The first-order valence-electron chi connectivity index (χ1n) is 6.78. The Kier molecular flexibility index (Phi) is 4.49. The van der Waals surface area contributed by atoms with Crippen LogP contribution in [0, 0.1) is 11.3 Å². The van der Waals surface area contributed by atoms with Gasteiger partial charge in [-0.3, -0.25) is 0 Å². The van der Waals surface area contributed by atoms with Crippen molar-refractivity contribution in [1.29, 1.82) is 5.26 Å². The number of rotatable bonds is 3. The second kappa shape index (κ2) is 6.15. The minimum Gasteiger partial charge on any atom is -0.444 e. The second-order valence-corrected chi connectivity index (χ2v) is 6.75. The van der Waals surface area contributed by atoms with Crippen molar-refractivity contribution in [3.8, 4) is 6.07 Å². The van der Waals surface area contributed by atoms with Crippen molar-refractivity contribution in [3.63, 3.8) is 0 Å². The number of nitrogens with zero attached hydrogens (tertiary/aromatic N) is 1. The van der Waals surface area contributed by atoms with Crippen molar-refractivity contribution in [3.05, 3.63) is 34.7 Å². The number of nitriles is 1. The summed E-state index contributed by atoms with van der Waals surface area (Å²) in [6.07, 6.45) is 0.187. The van der Waals surface area contributed by atoms with Gasteiger partial charge >= 0.3 is 6.09 Å². The van der Waals surface area contributed by atoms with Crippen molar-refractivity contribution >= 4 is 27.5 Å². The molecule has 0 bridgehead atoms. The molecular formula is C16H18N2O2S. The lowest BCUT2D eigenvalue weighted by atomic mass is 10.1. The molecule has 0 fully saturated rings. The Labute approximate surface area is 128 Å². The standard InChI is InChI=1S/C16H18N2O2S/c1-16(2,3)20-15(19)18-9-8-12-11-6-4-5-7-13(11)21-14(12)10-17/h4-7H,8-9H2,1-3H3,(H,18,19). The SMILES string of the molecule is CC(C)(C)OC(=O)NCCc1c(C#N)sc2ccccc12. The lowest BCUT2D eigenvalue weighted by Crippen LogP contribution is -2.33. The van der Waals surface area contributed by atoms with Gasteiger partial charge < -0.3 is 10.1 Å². The fourth-order valence-electron chi connectivity index (χ4n) is 2.04. The van der Waals surface area contributed by atoms with E-state index in [1.165, 1.54) is 11.3 Å². The van der Waals surface area contributed by atoms with Gasteiger partial charge in [-0.25, -0.2) is 4.79 Å². The zero-order valence-corrected chi connectivity index (χ0v) is 13.2. The average molecular weight is 302 g/mol. The molecule has 1 N–H and O–H groups in total.